The number of fused-ring (bicyclic) bond motifs is 1. The number of benzene rings is 2. The molecule has 32 heavy (non-hydrogen) atoms. The van der Waals surface area contributed by atoms with Gasteiger partial charge in [0.2, 0.25) is 5.95 Å². The van der Waals surface area contributed by atoms with Gasteiger partial charge in [-0.2, -0.15) is 4.98 Å². The molecule has 0 saturated carbocycles. The minimum absolute atomic E-state index is 0.120. The first kappa shape index (κ1) is 20.8. The van der Waals surface area contributed by atoms with Crippen molar-refractivity contribution in [3.63, 3.8) is 0 Å². The van der Waals surface area contributed by atoms with Crippen LogP contribution in [0.4, 0.5) is 5.95 Å². The van der Waals surface area contributed by atoms with Crippen molar-refractivity contribution in [1.29, 1.82) is 0 Å². The number of carbonyl (C=O) groups is 1. The van der Waals surface area contributed by atoms with E-state index in [2.05, 4.69) is 19.2 Å². The first-order valence-corrected chi connectivity index (χ1v) is 11.2. The lowest BCUT2D eigenvalue weighted by Crippen LogP contribution is -2.36. The Morgan fingerprint density at radius 3 is 2.78 bits per heavy atom. The fraction of sp³-hybridized carbons (Fsp3) is 0.320. The van der Waals surface area contributed by atoms with Gasteiger partial charge in [0, 0.05) is 33.8 Å². The first-order valence-electron chi connectivity index (χ1n) is 10.8. The second-order valence-corrected chi connectivity index (χ2v) is 9.48. The summed E-state index contributed by atoms with van der Waals surface area (Å²) in [6.45, 7) is 6.73. The Morgan fingerprint density at radius 2 is 2.00 bits per heavy atom. The molecule has 2 aromatic carbocycles. The van der Waals surface area contributed by atoms with Crippen molar-refractivity contribution in [1.82, 2.24) is 14.8 Å². The number of allylic oxidation sites excluding steroid dienone is 2. The third-order valence-corrected chi connectivity index (χ3v) is 6.16. The summed E-state index contributed by atoms with van der Waals surface area (Å²) in [5.41, 5.74) is 3.26. The summed E-state index contributed by atoms with van der Waals surface area (Å²) in [6.07, 6.45) is 1.26. The molecule has 0 spiro atoms. The lowest BCUT2D eigenvalue weighted by atomic mass is 9.73. The quantitative estimate of drug-likeness (QED) is 0.558. The van der Waals surface area contributed by atoms with Crippen molar-refractivity contribution in [3.8, 4) is 17.1 Å². The molecule has 3 aromatic rings. The van der Waals surface area contributed by atoms with E-state index in [1.807, 2.05) is 60.1 Å². The van der Waals surface area contributed by atoms with Gasteiger partial charge in [-0.05, 0) is 37.0 Å². The average molecular weight is 449 g/mol. The van der Waals surface area contributed by atoms with E-state index in [1.54, 1.807) is 0 Å². The summed E-state index contributed by atoms with van der Waals surface area (Å²) in [5.74, 6) is 2.05. The van der Waals surface area contributed by atoms with Crippen LogP contribution < -0.4 is 10.1 Å². The predicted molar refractivity (Wildman–Crippen MR) is 125 cm³/mol. The van der Waals surface area contributed by atoms with Gasteiger partial charge in [-0.15, -0.1) is 5.10 Å². The van der Waals surface area contributed by atoms with Gasteiger partial charge in [-0.25, -0.2) is 4.68 Å². The molecule has 0 bridgehead atoms. The molecule has 1 atom stereocenters. The Morgan fingerprint density at radius 1 is 1.19 bits per heavy atom. The summed E-state index contributed by atoms with van der Waals surface area (Å²) in [4.78, 5) is 18.2. The van der Waals surface area contributed by atoms with E-state index in [0.29, 0.717) is 29.8 Å². The maximum atomic E-state index is 13.4. The highest BCUT2D eigenvalue weighted by Crippen LogP contribution is 2.47. The zero-order valence-corrected chi connectivity index (χ0v) is 19.1. The van der Waals surface area contributed by atoms with Crippen LogP contribution in [0.25, 0.3) is 11.4 Å². The van der Waals surface area contributed by atoms with Crippen molar-refractivity contribution >= 4 is 23.3 Å². The number of nitrogens with zero attached hydrogens (tertiary/aromatic N) is 3. The summed E-state index contributed by atoms with van der Waals surface area (Å²) in [7, 11) is 0. The number of rotatable bonds is 4. The summed E-state index contributed by atoms with van der Waals surface area (Å²) in [5, 5.41) is 8.86. The highest BCUT2D eigenvalue weighted by Gasteiger charge is 2.42. The van der Waals surface area contributed by atoms with Crippen LogP contribution in [0.3, 0.4) is 0 Å². The summed E-state index contributed by atoms with van der Waals surface area (Å²) >= 11 is 6.20. The number of hydrogen-bond donors (Lipinski definition) is 1. The molecule has 6 nitrogen and oxygen atoms in total. The summed E-state index contributed by atoms with van der Waals surface area (Å²) in [6, 6.07) is 14.9. The molecule has 0 unspecified atom stereocenters. The second-order valence-electron chi connectivity index (χ2n) is 9.05. The fourth-order valence-corrected chi connectivity index (χ4v) is 4.83. The van der Waals surface area contributed by atoms with Crippen LogP contribution in [-0.2, 0) is 4.79 Å². The van der Waals surface area contributed by atoms with Crippen LogP contribution in [0.1, 0.15) is 45.2 Å². The van der Waals surface area contributed by atoms with E-state index in [0.717, 1.165) is 34.6 Å². The van der Waals surface area contributed by atoms with Crippen LogP contribution >= 0.6 is 11.6 Å². The van der Waals surface area contributed by atoms with E-state index in [1.165, 1.54) is 0 Å². The smallest absolute Gasteiger partial charge is 0.226 e. The van der Waals surface area contributed by atoms with Gasteiger partial charge in [-0.1, -0.05) is 55.8 Å². The van der Waals surface area contributed by atoms with E-state index in [4.69, 9.17) is 26.4 Å². The molecule has 1 aromatic heterocycles. The SMILES string of the molecule is CCOc1ccccc1[C@@H]1C2=C(CC(C)(C)CC2=O)Nc2nc(-c3cccc(Cl)c3)nn21. The highest BCUT2D eigenvalue weighted by atomic mass is 35.5. The molecule has 1 N–H and O–H groups in total. The Labute approximate surface area is 192 Å². The molecule has 2 aliphatic rings. The minimum atomic E-state index is -0.409. The largest absolute Gasteiger partial charge is 0.494 e. The first-order chi connectivity index (χ1) is 15.4. The van der Waals surface area contributed by atoms with Crippen molar-refractivity contribution in [3.05, 3.63) is 70.4 Å². The monoisotopic (exact) mass is 448 g/mol. The van der Waals surface area contributed by atoms with Crippen LogP contribution in [0, 0.1) is 5.41 Å². The molecule has 1 aliphatic heterocycles. The van der Waals surface area contributed by atoms with Crippen LogP contribution in [-0.4, -0.2) is 27.2 Å². The number of ketones is 1. The van der Waals surface area contributed by atoms with Gasteiger partial charge in [-0.3, -0.25) is 4.79 Å². The molecule has 0 amide bonds. The fourth-order valence-electron chi connectivity index (χ4n) is 4.64. The lowest BCUT2D eigenvalue weighted by molar-refractivity contribution is -0.118. The number of anilines is 1. The predicted octanol–water partition coefficient (Wildman–Crippen LogP) is 5.66. The zero-order chi connectivity index (χ0) is 22.5. The van der Waals surface area contributed by atoms with Gasteiger partial charge in [0.25, 0.3) is 0 Å². The third kappa shape index (κ3) is 3.58. The van der Waals surface area contributed by atoms with Gasteiger partial charge in [0.05, 0.1) is 6.61 Å². The lowest BCUT2D eigenvalue weighted by Gasteiger charge is -2.38. The Bertz CT molecular complexity index is 1240. The third-order valence-electron chi connectivity index (χ3n) is 5.93. The Balaban J connectivity index is 1.71. The maximum Gasteiger partial charge on any atom is 0.226 e. The highest BCUT2D eigenvalue weighted by molar-refractivity contribution is 6.30. The molecule has 1 aliphatic carbocycles. The van der Waals surface area contributed by atoms with E-state index in [9.17, 15) is 4.79 Å². The number of carbonyl (C=O) groups excluding carboxylic acids is 1. The van der Waals surface area contributed by atoms with Gasteiger partial charge >= 0.3 is 0 Å². The Hall–Kier alpha value is -3.12. The molecule has 2 heterocycles. The molecule has 0 radical (unpaired) electrons. The average Bonchev–Trinajstić information content (AvgIpc) is 3.16. The number of aromatic nitrogens is 3. The van der Waals surface area contributed by atoms with E-state index < -0.39 is 6.04 Å². The molecule has 7 heteroatoms. The molecule has 5 rings (SSSR count). The molecule has 0 fully saturated rings. The number of halogens is 1. The van der Waals surface area contributed by atoms with Crippen molar-refractivity contribution in [2.24, 2.45) is 5.41 Å². The van der Waals surface area contributed by atoms with Crippen molar-refractivity contribution < 1.29 is 9.53 Å². The topological polar surface area (TPSA) is 69.0 Å². The maximum absolute atomic E-state index is 13.4. The van der Waals surface area contributed by atoms with Crippen LogP contribution in [0.5, 0.6) is 5.75 Å². The van der Waals surface area contributed by atoms with Crippen LogP contribution in [0.2, 0.25) is 5.02 Å². The molecular weight excluding hydrogens is 424 g/mol. The normalized spacial score (nSPS) is 19.2. The minimum Gasteiger partial charge on any atom is -0.494 e. The number of hydrogen-bond acceptors (Lipinski definition) is 5. The zero-order valence-electron chi connectivity index (χ0n) is 18.4. The summed E-state index contributed by atoms with van der Waals surface area (Å²) < 4.78 is 7.74. The van der Waals surface area contributed by atoms with Crippen molar-refractivity contribution in [2.75, 3.05) is 11.9 Å². The van der Waals surface area contributed by atoms with Gasteiger partial charge in [0.1, 0.15) is 11.8 Å². The number of ether oxygens (including phenoxy) is 1. The van der Waals surface area contributed by atoms with Gasteiger partial charge in [0.15, 0.2) is 11.6 Å². The number of nitrogens with one attached hydrogen (secondary N) is 1. The Kier molecular flexibility index (Phi) is 5.05. The van der Waals surface area contributed by atoms with E-state index in [-0.39, 0.29) is 11.2 Å². The van der Waals surface area contributed by atoms with Crippen molar-refractivity contribution in [2.45, 2.75) is 39.7 Å². The van der Waals surface area contributed by atoms with Crippen LogP contribution in [0.15, 0.2) is 59.8 Å². The molecule has 0 saturated heterocycles. The van der Waals surface area contributed by atoms with Gasteiger partial charge < -0.3 is 10.1 Å². The van der Waals surface area contributed by atoms with E-state index >= 15 is 0 Å². The molecular formula is C25H25ClN4O2. The number of Topliss-reactive ketones (excluding diaryl/α,β-unsaturated/α-hetero) is 1. The standard InChI is InChI=1S/C25H25ClN4O2/c1-4-32-20-11-6-5-10-17(20)22-21-18(13-25(2,3)14-19(21)31)27-24-28-23(29-30(22)24)15-8-7-9-16(26)12-15/h5-12,22H,4,13-14H2,1-3H3,(H,27,28,29)/t22-/m1/s1. The second kappa shape index (κ2) is 7.78. The molecule has 164 valence electrons. The number of para-hydroxylation sites is 1.